The number of anilines is 1. The van der Waals surface area contributed by atoms with Crippen LogP contribution >= 0.6 is 0 Å². The minimum Gasteiger partial charge on any atom is -0.496 e. The van der Waals surface area contributed by atoms with E-state index in [0.717, 1.165) is 17.0 Å². The highest BCUT2D eigenvalue weighted by Gasteiger charge is 2.19. The van der Waals surface area contributed by atoms with Crippen LogP contribution in [0.4, 0.5) is 5.69 Å². The molecule has 1 fully saturated rings. The van der Waals surface area contributed by atoms with Crippen molar-refractivity contribution >= 4 is 5.69 Å². The number of nitrogens with two attached hydrogens (primary N) is 1. The molecule has 1 aromatic carbocycles. The first kappa shape index (κ1) is 10.3. The molecule has 2 N–H and O–H groups in total. The fraction of sp³-hybridized carbons (Fsp3) is 0.500. The molecule has 0 amide bonds. The summed E-state index contributed by atoms with van der Waals surface area (Å²) in [6, 6.07) is 5.68. The summed E-state index contributed by atoms with van der Waals surface area (Å²) in [4.78, 5) is 0. The van der Waals surface area contributed by atoms with E-state index < -0.39 is 0 Å². The minimum atomic E-state index is 0.425. The van der Waals surface area contributed by atoms with Crippen molar-refractivity contribution in [1.29, 1.82) is 0 Å². The van der Waals surface area contributed by atoms with Crippen LogP contribution < -0.4 is 10.5 Å². The molecule has 1 aliphatic rings. The lowest BCUT2D eigenvalue weighted by Crippen LogP contribution is -2.21. The molecule has 0 unspecified atom stereocenters. The molecule has 0 aromatic heterocycles. The molecule has 0 saturated heterocycles. The number of ether oxygens (including phenoxy) is 2. The Bertz CT molecular complexity index is 334. The monoisotopic (exact) mass is 207 g/mol. The quantitative estimate of drug-likeness (QED) is 0.771. The molecular weight excluding hydrogens is 190 g/mol. The van der Waals surface area contributed by atoms with E-state index in [1.807, 2.05) is 18.2 Å². The molecule has 0 atom stereocenters. The summed E-state index contributed by atoms with van der Waals surface area (Å²) in [5.74, 6) is 0.814. The second kappa shape index (κ2) is 4.53. The molecule has 0 bridgehead atoms. The van der Waals surface area contributed by atoms with Crippen LogP contribution in [-0.4, -0.2) is 13.2 Å². The number of benzene rings is 1. The number of hydrogen-bond donors (Lipinski definition) is 1. The normalized spacial score (nSPS) is 16.1. The standard InChI is InChI=1S/C12H17NO2/c1-14-12-7-3-6-11(13)10(12)8-15-9-4-2-5-9/h3,6-7,9H,2,4-5,8,13H2,1H3. The van der Waals surface area contributed by atoms with Crippen LogP contribution in [0.5, 0.6) is 5.75 Å². The summed E-state index contributed by atoms with van der Waals surface area (Å²) in [6.45, 7) is 0.556. The van der Waals surface area contributed by atoms with Crippen molar-refractivity contribution in [2.75, 3.05) is 12.8 Å². The molecule has 0 spiro atoms. The predicted molar refractivity (Wildman–Crippen MR) is 59.8 cm³/mol. The molecule has 3 heteroatoms. The lowest BCUT2D eigenvalue weighted by Gasteiger charge is -2.26. The second-order valence-electron chi connectivity index (χ2n) is 3.89. The Morgan fingerprint density at radius 3 is 2.80 bits per heavy atom. The van der Waals surface area contributed by atoms with Crippen LogP contribution in [0.15, 0.2) is 18.2 Å². The van der Waals surface area contributed by atoms with Crippen LogP contribution in [-0.2, 0) is 11.3 Å². The van der Waals surface area contributed by atoms with Gasteiger partial charge in [-0.25, -0.2) is 0 Å². The van der Waals surface area contributed by atoms with Crippen LogP contribution in [0.3, 0.4) is 0 Å². The van der Waals surface area contributed by atoms with Gasteiger partial charge in [0.2, 0.25) is 0 Å². The van der Waals surface area contributed by atoms with Gasteiger partial charge in [0, 0.05) is 11.3 Å². The summed E-state index contributed by atoms with van der Waals surface area (Å²) in [5, 5.41) is 0. The summed E-state index contributed by atoms with van der Waals surface area (Å²) in [6.07, 6.45) is 4.06. The van der Waals surface area contributed by atoms with E-state index in [2.05, 4.69) is 0 Å². The Morgan fingerprint density at radius 1 is 1.40 bits per heavy atom. The average Bonchev–Trinajstić information content (AvgIpc) is 2.17. The molecule has 1 saturated carbocycles. The molecule has 3 nitrogen and oxygen atoms in total. The zero-order chi connectivity index (χ0) is 10.7. The Balaban J connectivity index is 2.04. The Labute approximate surface area is 90.2 Å². The third kappa shape index (κ3) is 2.23. The van der Waals surface area contributed by atoms with Crippen LogP contribution in [0.2, 0.25) is 0 Å². The van der Waals surface area contributed by atoms with Crippen molar-refractivity contribution in [1.82, 2.24) is 0 Å². The Morgan fingerprint density at radius 2 is 2.20 bits per heavy atom. The maximum absolute atomic E-state index is 5.88. The van der Waals surface area contributed by atoms with E-state index in [1.54, 1.807) is 7.11 Å². The predicted octanol–water partition coefficient (Wildman–Crippen LogP) is 2.35. The molecule has 1 aromatic rings. The van der Waals surface area contributed by atoms with Crippen molar-refractivity contribution in [3.63, 3.8) is 0 Å². The first-order valence-corrected chi connectivity index (χ1v) is 5.34. The number of hydrogen-bond acceptors (Lipinski definition) is 3. The average molecular weight is 207 g/mol. The van der Waals surface area contributed by atoms with Crippen molar-refractivity contribution in [2.24, 2.45) is 0 Å². The first-order valence-electron chi connectivity index (χ1n) is 5.34. The van der Waals surface area contributed by atoms with Crippen molar-refractivity contribution < 1.29 is 9.47 Å². The van der Waals surface area contributed by atoms with Gasteiger partial charge in [-0.3, -0.25) is 0 Å². The fourth-order valence-electron chi connectivity index (χ4n) is 1.67. The Hall–Kier alpha value is -1.22. The summed E-state index contributed by atoms with van der Waals surface area (Å²) in [7, 11) is 1.65. The van der Waals surface area contributed by atoms with E-state index in [1.165, 1.54) is 19.3 Å². The lowest BCUT2D eigenvalue weighted by atomic mass is 9.96. The van der Waals surface area contributed by atoms with Gasteiger partial charge in [-0.15, -0.1) is 0 Å². The lowest BCUT2D eigenvalue weighted by molar-refractivity contribution is -0.00907. The van der Waals surface area contributed by atoms with Gasteiger partial charge < -0.3 is 15.2 Å². The van der Waals surface area contributed by atoms with Crippen molar-refractivity contribution in [2.45, 2.75) is 32.0 Å². The second-order valence-corrected chi connectivity index (χ2v) is 3.89. The molecule has 0 heterocycles. The van der Waals surface area contributed by atoms with Gasteiger partial charge in [-0.2, -0.15) is 0 Å². The fourth-order valence-corrected chi connectivity index (χ4v) is 1.67. The molecule has 0 aliphatic heterocycles. The van der Waals surface area contributed by atoms with E-state index in [9.17, 15) is 0 Å². The topological polar surface area (TPSA) is 44.5 Å². The van der Waals surface area contributed by atoms with Crippen molar-refractivity contribution in [3.8, 4) is 5.75 Å². The summed E-state index contributed by atoms with van der Waals surface area (Å²) >= 11 is 0. The van der Waals surface area contributed by atoms with Crippen molar-refractivity contribution in [3.05, 3.63) is 23.8 Å². The maximum atomic E-state index is 5.88. The van der Waals surface area contributed by atoms with E-state index in [4.69, 9.17) is 15.2 Å². The van der Waals surface area contributed by atoms with Gasteiger partial charge >= 0.3 is 0 Å². The highest BCUT2D eigenvalue weighted by molar-refractivity contribution is 5.53. The molecule has 1 aliphatic carbocycles. The van der Waals surface area contributed by atoms with Crippen LogP contribution in [0, 0.1) is 0 Å². The summed E-state index contributed by atoms with van der Waals surface area (Å²) < 4.78 is 11.0. The Kier molecular flexibility index (Phi) is 3.11. The number of rotatable bonds is 4. The third-order valence-electron chi connectivity index (χ3n) is 2.90. The van der Waals surface area contributed by atoms with Gasteiger partial charge in [-0.05, 0) is 31.4 Å². The van der Waals surface area contributed by atoms with Crippen LogP contribution in [0.25, 0.3) is 0 Å². The molecule has 2 rings (SSSR count). The maximum Gasteiger partial charge on any atom is 0.126 e. The SMILES string of the molecule is COc1cccc(N)c1COC1CCC1. The minimum absolute atomic E-state index is 0.425. The smallest absolute Gasteiger partial charge is 0.126 e. The molecule has 15 heavy (non-hydrogen) atoms. The first-order chi connectivity index (χ1) is 7.31. The number of methoxy groups -OCH3 is 1. The summed E-state index contributed by atoms with van der Waals surface area (Å²) in [5.41, 5.74) is 7.59. The molecular formula is C12H17NO2. The largest absolute Gasteiger partial charge is 0.496 e. The third-order valence-corrected chi connectivity index (χ3v) is 2.90. The van der Waals surface area contributed by atoms with E-state index >= 15 is 0 Å². The number of nitrogen functional groups attached to an aromatic ring is 1. The van der Waals surface area contributed by atoms with Gasteiger partial charge in [-0.1, -0.05) is 6.07 Å². The zero-order valence-electron chi connectivity index (χ0n) is 9.03. The van der Waals surface area contributed by atoms with Gasteiger partial charge in [0.25, 0.3) is 0 Å². The van der Waals surface area contributed by atoms with E-state index in [-0.39, 0.29) is 0 Å². The van der Waals surface area contributed by atoms with Gasteiger partial charge in [0.1, 0.15) is 5.75 Å². The van der Waals surface area contributed by atoms with E-state index in [0.29, 0.717) is 12.7 Å². The van der Waals surface area contributed by atoms with Gasteiger partial charge in [0.05, 0.1) is 19.8 Å². The highest BCUT2D eigenvalue weighted by atomic mass is 16.5. The highest BCUT2D eigenvalue weighted by Crippen LogP contribution is 2.28. The van der Waals surface area contributed by atoms with Gasteiger partial charge in [0.15, 0.2) is 0 Å². The molecule has 0 radical (unpaired) electrons. The molecule has 82 valence electrons. The van der Waals surface area contributed by atoms with Crippen LogP contribution in [0.1, 0.15) is 24.8 Å². The zero-order valence-corrected chi connectivity index (χ0v) is 9.03.